The minimum absolute atomic E-state index is 0.183. The lowest BCUT2D eigenvalue weighted by molar-refractivity contribution is 0.167. The number of carbonyl (C=O) groups is 1. The standard InChI is InChI=1S/C12H16F2N2O2/c1-8(17)5-6-16(2)12(18)15-9-3-4-10(13)11(14)7-9/h3-4,7-8,17H,5-6H2,1-2H3,(H,15,18). The highest BCUT2D eigenvalue weighted by Crippen LogP contribution is 2.13. The summed E-state index contributed by atoms with van der Waals surface area (Å²) in [6, 6.07) is 2.69. The fraction of sp³-hybridized carbons (Fsp3) is 0.417. The fourth-order valence-corrected chi connectivity index (χ4v) is 1.27. The molecule has 100 valence electrons. The number of halogens is 2. The van der Waals surface area contributed by atoms with Crippen molar-refractivity contribution in [1.29, 1.82) is 0 Å². The molecule has 1 atom stereocenters. The van der Waals surface area contributed by atoms with Gasteiger partial charge in [-0.05, 0) is 25.5 Å². The van der Waals surface area contributed by atoms with E-state index in [1.54, 1.807) is 14.0 Å². The first-order valence-electron chi connectivity index (χ1n) is 5.55. The molecule has 0 heterocycles. The molecule has 0 bridgehead atoms. The molecule has 0 fully saturated rings. The van der Waals surface area contributed by atoms with Crippen LogP contribution < -0.4 is 5.32 Å². The van der Waals surface area contributed by atoms with Gasteiger partial charge in [-0.2, -0.15) is 0 Å². The highest BCUT2D eigenvalue weighted by molar-refractivity contribution is 5.89. The Morgan fingerprint density at radius 1 is 1.44 bits per heavy atom. The molecule has 0 aromatic heterocycles. The lowest BCUT2D eigenvalue weighted by atomic mass is 10.3. The van der Waals surface area contributed by atoms with Gasteiger partial charge in [0.1, 0.15) is 0 Å². The molecule has 0 radical (unpaired) electrons. The number of carbonyl (C=O) groups excluding carboxylic acids is 1. The summed E-state index contributed by atoms with van der Waals surface area (Å²) in [6.07, 6.45) is -0.0506. The Morgan fingerprint density at radius 2 is 2.11 bits per heavy atom. The number of hydrogen-bond donors (Lipinski definition) is 2. The maximum atomic E-state index is 12.9. The van der Waals surface area contributed by atoms with E-state index in [2.05, 4.69) is 5.32 Å². The molecular weight excluding hydrogens is 242 g/mol. The van der Waals surface area contributed by atoms with Crippen LogP contribution in [-0.2, 0) is 0 Å². The monoisotopic (exact) mass is 258 g/mol. The minimum Gasteiger partial charge on any atom is -0.393 e. The minimum atomic E-state index is -1.01. The second-order valence-corrected chi connectivity index (χ2v) is 4.12. The van der Waals surface area contributed by atoms with Gasteiger partial charge in [0.25, 0.3) is 0 Å². The van der Waals surface area contributed by atoms with Gasteiger partial charge in [0.2, 0.25) is 0 Å². The van der Waals surface area contributed by atoms with Crippen molar-refractivity contribution in [3.63, 3.8) is 0 Å². The molecule has 2 N–H and O–H groups in total. The summed E-state index contributed by atoms with van der Waals surface area (Å²) in [5.74, 6) is -1.98. The molecule has 1 unspecified atom stereocenters. The van der Waals surface area contributed by atoms with Crippen LogP contribution in [-0.4, -0.2) is 35.7 Å². The van der Waals surface area contributed by atoms with E-state index in [0.29, 0.717) is 13.0 Å². The zero-order valence-electron chi connectivity index (χ0n) is 10.3. The van der Waals surface area contributed by atoms with Gasteiger partial charge in [0.05, 0.1) is 6.10 Å². The van der Waals surface area contributed by atoms with Gasteiger partial charge in [-0.25, -0.2) is 13.6 Å². The van der Waals surface area contributed by atoms with Gasteiger partial charge in [-0.3, -0.25) is 0 Å². The molecule has 1 aromatic rings. The van der Waals surface area contributed by atoms with E-state index < -0.39 is 23.8 Å². The molecule has 0 aliphatic carbocycles. The van der Waals surface area contributed by atoms with Gasteiger partial charge >= 0.3 is 6.03 Å². The Morgan fingerprint density at radius 3 is 2.67 bits per heavy atom. The summed E-state index contributed by atoms with van der Waals surface area (Å²) in [5.41, 5.74) is 0.183. The van der Waals surface area contributed by atoms with Crippen molar-refractivity contribution >= 4 is 11.7 Å². The van der Waals surface area contributed by atoms with Crippen molar-refractivity contribution in [2.75, 3.05) is 18.9 Å². The van der Waals surface area contributed by atoms with Crippen molar-refractivity contribution in [2.45, 2.75) is 19.4 Å². The first-order valence-corrected chi connectivity index (χ1v) is 5.55. The molecule has 4 nitrogen and oxygen atoms in total. The number of nitrogens with zero attached hydrogens (tertiary/aromatic N) is 1. The van der Waals surface area contributed by atoms with Crippen molar-refractivity contribution in [2.24, 2.45) is 0 Å². The summed E-state index contributed by atoms with van der Waals surface area (Å²) in [4.78, 5) is 13.0. The number of amides is 2. The van der Waals surface area contributed by atoms with Gasteiger partial charge in [0.15, 0.2) is 11.6 Å². The largest absolute Gasteiger partial charge is 0.393 e. The smallest absolute Gasteiger partial charge is 0.321 e. The Bertz CT molecular complexity index is 425. The van der Waals surface area contributed by atoms with Crippen LogP contribution in [0.1, 0.15) is 13.3 Å². The Labute approximate surface area is 104 Å². The molecule has 18 heavy (non-hydrogen) atoms. The number of nitrogens with one attached hydrogen (secondary N) is 1. The molecular formula is C12H16F2N2O2. The number of anilines is 1. The summed E-state index contributed by atoms with van der Waals surface area (Å²) >= 11 is 0. The van der Waals surface area contributed by atoms with E-state index >= 15 is 0 Å². The third kappa shape index (κ3) is 4.29. The predicted molar refractivity (Wildman–Crippen MR) is 64.3 cm³/mol. The Kier molecular flexibility index (Phi) is 5.03. The fourth-order valence-electron chi connectivity index (χ4n) is 1.27. The number of urea groups is 1. The van der Waals surface area contributed by atoms with Gasteiger partial charge in [-0.15, -0.1) is 0 Å². The molecule has 0 spiro atoms. The summed E-state index contributed by atoms with van der Waals surface area (Å²) in [7, 11) is 1.55. The number of benzene rings is 1. The second kappa shape index (κ2) is 6.30. The Balaban J connectivity index is 2.55. The SMILES string of the molecule is CC(O)CCN(C)C(=O)Nc1ccc(F)c(F)c1. The first-order chi connectivity index (χ1) is 8.40. The van der Waals surface area contributed by atoms with E-state index in [1.165, 1.54) is 11.0 Å². The predicted octanol–water partition coefficient (Wildman–Crippen LogP) is 2.20. The van der Waals surface area contributed by atoms with E-state index in [-0.39, 0.29) is 5.69 Å². The quantitative estimate of drug-likeness (QED) is 0.869. The van der Waals surface area contributed by atoms with Crippen LogP contribution in [0.3, 0.4) is 0 Å². The lowest BCUT2D eigenvalue weighted by Gasteiger charge is -2.18. The molecule has 2 amide bonds. The molecule has 1 rings (SSSR count). The number of hydrogen-bond acceptors (Lipinski definition) is 2. The van der Waals surface area contributed by atoms with Crippen molar-refractivity contribution < 1.29 is 18.7 Å². The number of rotatable bonds is 4. The van der Waals surface area contributed by atoms with Crippen molar-refractivity contribution in [3.05, 3.63) is 29.8 Å². The molecule has 0 aliphatic rings. The van der Waals surface area contributed by atoms with Crippen molar-refractivity contribution in [3.8, 4) is 0 Å². The summed E-state index contributed by atoms with van der Waals surface area (Å²) < 4.78 is 25.6. The highest BCUT2D eigenvalue weighted by Gasteiger charge is 2.11. The maximum Gasteiger partial charge on any atom is 0.321 e. The number of aliphatic hydroxyl groups is 1. The lowest BCUT2D eigenvalue weighted by Crippen LogP contribution is -2.33. The molecule has 6 heteroatoms. The zero-order chi connectivity index (χ0) is 13.7. The van der Waals surface area contributed by atoms with E-state index in [4.69, 9.17) is 5.11 Å². The molecule has 1 aromatic carbocycles. The summed E-state index contributed by atoms with van der Waals surface area (Å²) in [5, 5.41) is 11.5. The van der Waals surface area contributed by atoms with Crippen molar-refractivity contribution in [1.82, 2.24) is 4.90 Å². The van der Waals surface area contributed by atoms with Crippen LogP contribution in [0.25, 0.3) is 0 Å². The van der Waals surface area contributed by atoms with Crippen LogP contribution in [0.15, 0.2) is 18.2 Å². The topological polar surface area (TPSA) is 52.6 Å². The third-order valence-corrected chi connectivity index (χ3v) is 2.40. The average Bonchev–Trinajstić information content (AvgIpc) is 2.30. The normalized spacial score (nSPS) is 12.1. The van der Waals surface area contributed by atoms with Crippen LogP contribution >= 0.6 is 0 Å². The van der Waals surface area contributed by atoms with E-state index in [9.17, 15) is 13.6 Å². The van der Waals surface area contributed by atoms with Crippen LogP contribution in [0.4, 0.5) is 19.3 Å². The third-order valence-electron chi connectivity index (χ3n) is 2.40. The average molecular weight is 258 g/mol. The van der Waals surface area contributed by atoms with Gasteiger partial charge in [0, 0.05) is 25.3 Å². The van der Waals surface area contributed by atoms with Gasteiger partial charge < -0.3 is 15.3 Å². The summed E-state index contributed by atoms with van der Waals surface area (Å²) in [6.45, 7) is 1.99. The Hall–Kier alpha value is -1.69. The second-order valence-electron chi connectivity index (χ2n) is 4.12. The van der Waals surface area contributed by atoms with Crippen LogP contribution in [0.2, 0.25) is 0 Å². The van der Waals surface area contributed by atoms with E-state index in [1.807, 2.05) is 0 Å². The molecule has 0 saturated heterocycles. The molecule has 0 aliphatic heterocycles. The molecule has 0 saturated carbocycles. The van der Waals surface area contributed by atoms with Crippen LogP contribution in [0, 0.1) is 11.6 Å². The highest BCUT2D eigenvalue weighted by atomic mass is 19.2. The number of aliphatic hydroxyl groups excluding tert-OH is 1. The zero-order valence-corrected chi connectivity index (χ0v) is 10.3. The van der Waals surface area contributed by atoms with Gasteiger partial charge in [-0.1, -0.05) is 0 Å². The van der Waals surface area contributed by atoms with Crippen LogP contribution in [0.5, 0.6) is 0 Å². The first kappa shape index (κ1) is 14.4. The van der Waals surface area contributed by atoms with E-state index in [0.717, 1.165) is 12.1 Å². The maximum absolute atomic E-state index is 12.9.